The molecule has 0 amide bonds. The van der Waals surface area contributed by atoms with Crippen LogP contribution in [0.4, 0.5) is 0 Å². The molecule has 27 heavy (non-hydrogen) atoms. The molecule has 0 aromatic heterocycles. The van der Waals surface area contributed by atoms with Gasteiger partial charge in [-0.3, -0.25) is 0 Å². The Bertz CT molecular complexity index is 361. The Morgan fingerprint density at radius 2 is 1.26 bits per heavy atom. The maximum absolute atomic E-state index is 11.2. The van der Waals surface area contributed by atoms with Crippen LogP contribution in [-0.2, 0) is 4.79 Å². The molecule has 2 rings (SSSR count). The maximum Gasteiger partial charge on any atom is 0.123 e. The van der Waals surface area contributed by atoms with Crippen molar-refractivity contribution in [1.29, 1.82) is 0 Å². The third-order valence-electron chi connectivity index (χ3n) is 7.67. The summed E-state index contributed by atoms with van der Waals surface area (Å²) in [4.78, 5) is 11.2. The van der Waals surface area contributed by atoms with Crippen LogP contribution in [0, 0.1) is 23.7 Å². The summed E-state index contributed by atoms with van der Waals surface area (Å²) < 4.78 is 0. The van der Waals surface area contributed by atoms with Gasteiger partial charge in [0.1, 0.15) is 6.29 Å². The fourth-order valence-corrected chi connectivity index (χ4v) is 6.01. The van der Waals surface area contributed by atoms with Crippen molar-refractivity contribution < 1.29 is 4.79 Å². The van der Waals surface area contributed by atoms with Crippen molar-refractivity contribution in [3.05, 3.63) is 0 Å². The number of unbranched alkanes of at least 4 members (excludes halogenated alkanes) is 7. The predicted molar refractivity (Wildman–Crippen MR) is 118 cm³/mol. The van der Waals surface area contributed by atoms with Crippen molar-refractivity contribution in [2.24, 2.45) is 23.7 Å². The molecular formula is C26H48O. The lowest BCUT2D eigenvalue weighted by atomic mass is 9.77. The van der Waals surface area contributed by atoms with Gasteiger partial charge in [0, 0.05) is 5.92 Å². The van der Waals surface area contributed by atoms with E-state index in [1.54, 1.807) is 6.42 Å². The molecule has 2 saturated carbocycles. The third kappa shape index (κ3) is 9.62. The number of hydrogen-bond acceptors (Lipinski definition) is 1. The minimum Gasteiger partial charge on any atom is -0.303 e. The average molecular weight is 377 g/mol. The summed E-state index contributed by atoms with van der Waals surface area (Å²) in [5.74, 6) is 3.22. The van der Waals surface area contributed by atoms with Crippen LogP contribution in [0.25, 0.3) is 0 Å². The lowest BCUT2D eigenvalue weighted by Gasteiger charge is -2.29. The van der Waals surface area contributed by atoms with Gasteiger partial charge in [0.2, 0.25) is 0 Å². The SMILES string of the molecule is CCCC1CCCC(CCCCCCCCCCC2CCCCC2C=O)C1. The Labute approximate surface area is 170 Å². The first-order valence-electron chi connectivity index (χ1n) is 12.8. The highest BCUT2D eigenvalue weighted by molar-refractivity contribution is 5.54. The number of aldehydes is 1. The second kappa shape index (κ2) is 14.6. The summed E-state index contributed by atoms with van der Waals surface area (Å²) in [6.07, 6.45) is 29.6. The highest BCUT2D eigenvalue weighted by Crippen LogP contribution is 2.35. The highest BCUT2D eigenvalue weighted by Gasteiger charge is 2.24. The van der Waals surface area contributed by atoms with E-state index in [1.807, 2.05) is 0 Å². The number of rotatable bonds is 14. The van der Waals surface area contributed by atoms with E-state index < -0.39 is 0 Å². The zero-order valence-electron chi connectivity index (χ0n) is 18.4. The van der Waals surface area contributed by atoms with E-state index in [9.17, 15) is 4.79 Å². The monoisotopic (exact) mass is 376 g/mol. The van der Waals surface area contributed by atoms with Crippen LogP contribution >= 0.6 is 0 Å². The van der Waals surface area contributed by atoms with Gasteiger partial charge in [-0.25, -0.2) is 0 Å². The molecule has 0 heterocycles. The zero-order chi connectivity index (χ0) is 19.2. The molecule has 0 bridgehead atoms. The molecule has 0 saturated heterocycles. The molecule has 0 aromatic rings. The summed E-state index contributed by atoms with van der Waals surface area (Å²) in [7, 11) is 0. The molecular weight excluding hydrogens is 328 g/mol. The maximum atomic E-state index is 11.2. The van der Waals surface area contributed by atoms with Crippen molar-refractivity contribution in [2.45, 2.75) is 135 Å². The minimum atomic E-state index is 0.389. The van der Waals surface area contributed by atoms with E-state index in [0.717, 1.165) is 18.3 Å². The normalized spacial score (nSPS) is 28.9. The van der Waals surface area contributed by atoms with Gasteiger partial charge in [0.15, 0.2) is 0 Å². The standard InChI is InChI=1S/C26H48O/c1-2-14-23-16-13-17-24(21-23)15-9-7-5-3-4-6-8-10-18-25-19-11-12-20-26(25)22-27/h22-26H,2-21H2,1H3. The fourth-order valence-electron chi connectivity index (χ4n) is 6.01. The smallest absolute Gasteiger partial charge is 0.123 e. The van der Waals surface area contributed by atoms with Crippen LogP contribution in [0.15, 0.2) is 0 Å². The molecule has 0 radical (unpaired) electrons. The van der Waals surface area contributed by atoms with Crippen molar-refractivity contribution in [3.8, 4) is 0 Å². The molecule has 4 unspecified atom stereocenters. The number of hydrogen-bond donors (Lipinski definition) is 0. The Hall–Kier alpha value is -0.330. The number of carbonyl (C=O) groups is 1. The lowest BCUT2D eigenvalue weighted by Crippen LogP contribution is -2.20. The van der Waals surface area contributed by atoms with E-state index in [-0.39, 0.29) is 0 Å². The molecule has 158 valence electrons. The van der Waals surface area contributed by atoms with Crippen LogP contribution in [0.5, 0.6) is 0 Å². The van der Waals surface area contributed by atoms with Crippen molar-refractivity contribution in [3.63, 3.8) is 0 Å². The van der Waals surface area contributed by atoms with E-state index in [0.29, 0.717) is 11.8 Å². The predicted octanol–water partition coefficient (Wildman–Crippen LogP) is 8.50. The average Bonchev–Trinajstić information content (AvgIpc) is 2.70. The molecule has 0 N–H and O–H groups in total. The van der Waals surface area contributed by atoms with E-state index >= 15 is 0 Å². The van der Waals surface area contributed by atoms with Gasteiger partial charge in [-0.2, -0.15) is 0 Å². The highest BCUT2D eigenvalue weighted by atomic mass is 16.1. The van der Waals surface area contributed by atoms with E-state index in [1.165, 1.54) is 122 Å². The van der Waals surface area contributed by atoms with Crippen LogP contribution in [0.3, 0.4) is 0 Å². The molecule has 1 nitrogen and oxygen atoms in total. The Morgan fingerprint density at radius 1 is 0.667 bits per heavy atom. The van der Waals surface area contributed by atoms with E-state index in [2.05, 4.69) is 6.92 Å². The second-order valence-corrected chi connectivity index (χ2v) is 9.94. The minimum absolute atomic E-state index is 0.389. The van der Waals surface area contributed by atoms with Gasteiger partial charge < -0.3 is 4.79 Å². The number of carbonyl (C=O) groups excluding carboxylic acids is 1. The van der Waals surface area contributed by atoms with E-state index in [4.69, 9.17) is 0 Å². The van der Waals surface area contributed by atoms with Gasteiger partial charge in [-0.1, -0.05) is 110 Å². The molecule has 1 heteroatoms. The summed E-state index contributed by atoms with van der Waals surface area (Å²) in [5, 5.41) is 0. The quantitative estimate of drug-likeness (QED) is 0.219. The van der Waals surface area contributed by atoms with Crippen molar-refractivity contribution >= 4 is 6.29 Å². The molecule has 0 aromatic carbocycles. The van der Waals surface area contributed by atoms with Gasteiger partial charge >= 0.3 is 0 Å². The van der Waals surface area contributed by atoms with Crippen molar-refractivity contribution in [1.82, 2.24) is 0 Å². The summed E-state index contributed by atoms with van der Waals surface area (Å²) in [5.41, 5.74) is 0. The molecule has 0 spiro atoms. The van der Waals surface area contributed by atoms with Crippen LogP contribution < -0.4 is 0 Å². The largest absolute Gasteiger partial charge is 0.303 e. The molecule has 4 atom stereocenters. The zero-order valence-corrected chi connectivity index (χ0v) is 18.4. The topological polar surface area (TPSA) is 17.1 Å². The molecule has 2 aliphatic carbocycles. The Balaban J connectivity index is 1.37. The third-order valence-corrected chi connectivity index (χ3v) is 7.67. The van der Waals surface area contributed by atoms with Gasteiger partial charge in [0.25, 0.3) is 0 Å². The van der Waals surface area contributed by atoms with Crippen LogP contribution in [0.2, 0.25) is 0 Å². The van der Waals surface area contributed by atoms with Gasteiger partial charge in [0.05, 0.1) is 0 Å². The first kappa shape index (κ1) is 23.0. The first-order chi connectivity index (χ1) is 13.3. The van der Waals surface area contributed by atoms with Crippen molar-refractivity contribution in [2.75, 3.05) is 0 Å². The second-order valence-electron chi connectivity index (χ2n) is 9.94. The first-order valence-corrected chi connectivity index (χ1v) is 12.8. The molecule has 2 aliphatic rings. The summed E-state index contributed by atoms with van der Waals surface area (Å²) in [6.45, 7) is 2.35. The van der Waals surface area contributed by atoms with Gasteiger partial charge in [-0.15, -0.1) is 0 Å². The summed E-state index contributed by atoms with van der Waals surface area (Å²) in [6, 6.07) is 0. The molecule has 2 fully saturated rings. The van der Waals surface area contributed by atoms with Crippen LogP contribution in [-0.4, -0.2) is 6.29 Å². The summed E-state index contributed by atoms with van der Waals surface area (Å²) >= 11 is 0. The molecule has 0 aliphatic heterocycles. The van der Waals surface area contributed by atoms with Gasteiger partial charge in [-0.05, 0) is 43.4 Å². The lowest BCUT2D eigenvalue weighted by molar-refractivity contribution is -0.113. The van der Waals surface area contributed by atoms with Crippen LogP contribution in [0.1, 0.15) is 135 Å². The Morgan fingerprint density at radius 3 is 1.93 bits per heavy atom. The fraction of sp³-hybridized carbons (Fsp3) is 0.962. The Kier molecular flexibility index (Phi) is 12.4.